The molecule has 0 aliphatic carbocycles. The van der Waals surface area contributed by atoms with E-state index in [1.165, 1.54) is 4.09 Å². The molecule has 0 N–H and O–H groups in total. The van der Waals surface area contributed by atoms with Crippen LogP contribution < -0.4 is 0 Å². The normalized spacial score (nSPS) is 5.00. The predicted octanol–water partition coefficient (Wildman–Crippen LogP) is 0.180. The van der Waals surface area contributed by atoms with E-state index in [-0.39, 0.29) is 0 Å². The van der Waals surface area contributed by atoms with E-state index in [0.717, 1.165) is 0 Å². The van der Waals surface area contributed by atoms with Crippen molar-refractivity contribution in [2.24, 2.45) is 0 Å². The summed E-state index contributed by atoms with van der Waals surface area (Å²) in [4.78, 5) is 0. The summed E-state index contributed by atoms with van der Waals surface area (Å²) in [5.41, 5.74) is 0. The van der Waals surface area contributed by atoms with Gasteiger partial charge in [0.1, 0.15) is 0 Å². The summed E-state index contributed by atoms with van der Waals surface area (Å²) in [6.07, 6.45) is 0. The second kappa shape index (κ2) is 3.34. The van der Waals surface area contributed by atoms with Crippen LogP contribution in [0.5, 0.6) is 0 Å². The molecule has 0 aliphatic heterocycles. The summed E-state index contributed by atoms with van der Waals surface area (Å²) in [6.45, 7) is 3.24. The van der Waals surface area contributed by atoms with Crippen molar-refractivity contribution in [3.05, 3.63) is 10.7 Å². The zero-order valence-corrected chi connectivity index (χ0v) is 5.05. The summed E-state index contributed by atoms with van der Waals surface area (Å²) in [5, 5.41) is 0. The molecule has 0 aromatic heterocycles. The molecule has 21 valence electrons. The molecule has 4 heavy (non-hydrogen) atoms. The van der Waals surface area contributed by atoms with E-state index in [1.807, 2.05) is 0 Å². The molecule has 2 heteroatoms. The van der Waals surface area contributed by atoms with Gasteiger partial charge in [0, 0.05) is 0 Å². The molecule has 0 fully saturated rings. The fourth-order valence-electron chi connectivity index (χ4n) is 0. The Morgan fingerprint density at radius 3 is 2.25 bits per heavy atom. The molecular weight excluding hydrogens is 159 g/mol. The Hall–Kier alpha value is 0.339. The quantitative estimate of drug-likeness (QED) is 0.502. The van der Waals surface area contributed by atoms with Crippen molar-refractivity contribution in [2.45, 2.75) is 0 Å². The number of hydrogen-bond acceptors (Lipinski definition) is 1. The van der Waals surface area contributed by atoms with Crippen molar-refractivity contribution in [2.75, 3.05) is 0 Å². The summed E-state index contributed by atoms with van der Waals surface area (Å²) >= 11 is -1.26. The first-order valence-corrected chi connectivity index (χ1v) is 3.71. The van der Waals surface area contributed by atoms with Crippen LogP contribution in [-0.2, 0) is 3.08 Å². The third kappa shape index (κ3) is 2.34. The van der Waals surface area contributed by atoms with Gasteiger partial charge < -0.3 is 0 Å². The summed E-state index contributed by atoms with van der Waals surface area (Å²) in [6, 6.07) is 0. The van der Waals surface area contributed by atoms with Crippen LogP contribution in [0.15, 0.2) is 10.7 Å². The summed E-state index contributed by atoms with van der Waals surface area (Å²) in [5.74, 6) is 0. The third-order valence-corrected chi connectivity index (χ3v) is 0.559. The van der Waals surface area contributed by atoms with E-state index in [4.69, 9.17) is 0 Å². The first-order valence-electron chi connectivity index (χ1n) is 0.901. The van der Waals surface area contributed by atoms with Gasteiger partial charge in [-0.1, -0.05) is 0 Å². The average molecular weight is 162 g/mol. The third-order valence-electron chi connectivity index (χ3n) is 0.0833. The van der Waals surface area contributed by atoms with Crippen molar-refractivity contribution >= 4 is 21.1 Å². The maximum absolute atomic E-state index is 9.35. The van der Waals surface area contributed by atoms with Crippen molar-refractivity contribution in [1.29, 1.82) is 0 Å². The second-order valence-corrected chi connectivity index (χ2v) is 2.16. The van der Waals surface area contributed by atoms with E-state index < -0.39 is 21.1 Å². The first-order chi connectivity index (χ1) is 1.91. The topological polar surface area (TPSA) is 17.1 Å². The van der Waals surface area contributed by atoms with Crippen LogP contribution in [-0.4, -0.2) is 21.1 Å². The summed E-state index contributed by atoms with van der Waals surface area (Å²) in [7, 11) is 0. The molecular formula is C2H3OSn. The molecule has 0 aromatic rings. The molecule has 0 amide bonds. The van der Waals surface area contributed by atoms with Crippen LogP contribution in [0, 0.1) is 0 Å². The molecule has 0 spiro atoms. The van der Waals surface area contributed by atoms with Crippen molar-refractivity contribution in [3.8, 4) is 0 Å². The van der Waals surface area contributed by atoms with Crippen LogP contribution in [0.25, 0.3) is 0 Å². The number of rotatable bonds is 1. The molecule has 0 saturated heterocycles. The standard InChI is InChI=1S/C2H3.O.Sn/c1-2;;/h1H,2H2;;. The fourth-order valence-corrected chi connectivity index (χ4v) is 0. The predicted molar refractivity (Wildman–Crippen MR) is 16.6 cm³/mol. The number of hydrogen-bond donors (Lipinski definition) is 0. The van der Waals surface area contributed by atoms with Gasteiger partial charge in [0.05, 0.1) is 0 Å². The molecule has 0 unspecified atom stereocenters. The van der Waals surface area contributed by atoms with Crippen LogP contribution in [0.1, 0.15) is 0 Å². The minimum atomic E-state index is -1.26. The van der Waals surface area contributed by atoms with Gasteiger partial charge in [0.25, 0.3) is 0 Å². The van der Waals surface area contributed by atoms with Crippen molar-refractivity contribution < 1.29 is 3.08 Å². The first kappa shape index (κ1) is 4.34. The van der Waals surface area contributed by atoms with E-state index in [1.54, 1.807) is 0 Å². The molecule has 0 rings (SSSR count). The van der Waals surface area contributed by atoms with Crippen LogP contribution in [0.3, 0.4) is 0 Å². The SMILES string of the molecule is C=[CH][Sn]=[O]. The van der Waals surface area contributed by atoms with E-state index in [0.29, 0.717) is 0 Å². The molecule has 0 aromatic carbocycles. The molecule has 0 bridgehead atoms. The van der Waals surface area contributed by atoms with Gasteiger partial charge in [0.15, 0.2) is 0 Å². The average Bonchev–Trinajstić information content (AvgIpc) is 1.37. The molecule has 0 atom stereocenters. The van der Waals surface area contributed by atoms with Crippen LogP contribution in [0.4, 0.5) is 0 Å². The Morgan fingerprint density at radius 2 is 2.25 bits per heavy atom. The summed E-state index contributed by atoms with van der Waals surface area (Å²) < 4.78 is 10.8. The van der Waals surface area contributed by atoms with Gasteiger partial charge >= 0.3 is 34.9 Å². The molecule has 0 aliphatic rings. The molecule has 0 saturated carbocycles. The van der Waals surface area contributed by atoms with Gasteiger partial charge in [0.2, 0.25) is 0 Å². The van der Waals surface area contributed by atoms with E-state index >= 15 is 0 Å². The fraction of sp³-hybridized carbons (Fsp3) is 0. The Kier molecular flexibility index (Phi) is 3.62. The molecule has 1 radical (unpaired) electrons. The minimum absolute atomic E-state index is 1.26. The molecule has 1 nitrogen and oxygen atoms in total. The zero-order chi connectivity index (χ0) is 3.41. The van der Waals surface area contributed by atoms with Gasteiger partial charge in [-0.2, -0.15) is 0 Å². The van der Waals surface area contributed by atoms with E-state index in [9.17, 15) is 3.08 Å². The maximum atomic E-state index is 9.35. The van der Waals surface area contributed by atoms with Gasteiger partial charge in [-0.3, -0.25) is 0 Å². The Balaban J connectivity index is 2.73. The van der Waals surface area contributed by atoms with Crippen LogP contribution >= 0.6 is 0 Å². The van der Waals surface area contributed by atoms with Gasteiger partial charge in [-0.05, 0) is 0 Å². The van der Waals surface area contributed by atoms with Gasteiger partial charge in [-0.15, -0.1) is 0 Å². The van der Waals surface area contributed by atoms with Crippen molar-refractivity contribution in [3.63, 3.8) is 0 Å². The molecule has 0 heterocycles. The monoisotopic (exact) mass is 163 g/mol. The Morgan fingerprint density at radius 1 is 2.00 bits per heavy atom. The Bertz CT molecular complexity index is 27.0. The van der Waals surface area contributed by atoms with Gasteiger partial charge in [-0.25, -0.2) is 0 Å². The Labute approximate surface area is 35.3 Å². The van der Waals surface area contributed by atoms with E-state index in [2.05, 4.69) is 6.58 Å². The second-order valence-electron chi connectivity index (χ2n) is 0.322. The zero-order valence-electron chi connectivity index (χ0n) is 2.19. The van der Waals surface area contributed by atoms with Crippen molar-refractivity contribution in [1.82, 2.24) is 0 Å². The van der Waals surface area contributed by atoms with Crippen LogP contribution in [0.2, 0.25) is 0 Å².